The van der Waals surface area contributed by atoms with E-state index >= 15 is 0 Å². The molecule has 0 saturated heterocycles. The fraction of sp³-hybridized carbons (Fsp3) is 0.400. The molecular formula is C10H13ClN6S. The van der Waals surface area contributed by atoms with Crippen LogP contribution in [0.1, 0.15) is 6.92 Å². The summed E-state index contributed by atoms with van der Waals surface area (Å²) in [5, 5.41) is 7.38. The standard InChI is InChI=1S/C10H13ClN6S/c1-7(6-18-2)13-9-14-8(11)15-10(16-9)17-5-3-4-12-17/h3-5,7H,6H2,1-2H3,(H,13,14,15,16). The van der Waals surface area contributed by atoms with E-state index in [1.807, 2.05) is 6.26 Å². The Morgan fingerprint density at radius 1 is 1.44 bits per heavy atom. The number of rotatable bonds is 5. The molecule has 2 aromatic heterocycles. The van der Waals surface area contributed by atoms with Gasteiger partial charge in [-0.25, -0.2) is 4.68 Å². The van der Waals surface area contributed by atoms with Gasteiger partial charge in [0.05, 0.1) is 0 Å². The zero-order valence-corrected chi connectivity index (χ0v) is 11.6. The van der Waals surface area contributed by atoms with Crippen molar-refractivity contribution in [1.82, 2.24) is 24.7 Å². The highest BCUT2D eigenvalue weighted by atomic mass is 35.5. The molecule has 0 amide bonds. The van der Waals surface area contributed by atoms with Crippen LogP contribution in [0.3, 0.4) is 0 Å². The molecule has 0 spiro atoms. The first kappa shape index (κ1) is 13.1. The highest BCUT2D eigenvalue weighted by Crippen LogP contribution is 2.10. The van der Waals surface area contributed by atoms with E-state index in [0.29, 0.717) is 11.9 Å². The van der Waals surface area contributed by atoms with E-state index in [9.17, 15) is 0 Å². The molecule has 0 aliphatic heterocycles. The lowest BCUT2D eigenvalue weighted by Gasteiger charge is -2.12. The highest BCUT2D eigenvalue weighted by molar-refractivity contribution is 7.98. The second-order valence-corrected chi connectivity index (χ2v) is 4.93. The maximum atomic E-state index is 5.88. The van der Waals surface area contributed by atoms with Crippen LogP contribution in [-0.4, -0.2) is 42.8 Å². The fourth-order valence-electron chi connectivity index (χ4n) is 1.41. The summed E-state index contributed by atoms with van der Waals surface area (Å²) in [7, 11) is 0. The predicted molar refractivity (Wildman–Crippen MR) is 73.4 cm³/mol. The Hall–Kier alpha value is -1.34. The van der Waals surface area contributed by atoms with Crippen LogP contribution in [0, 0.1) is 0 Å². The van der Waals surface area contributed by atoms with Gasteiger partial charge >= 0.3 is 0 Å². The van der Waals surface area contributed by atoms with Crippen LogP contribution in [0.4, 0.5) is 5.95 Å². The third-order valence-corrected chi connectivity index (χ3v) is 3.10. The average Bonchev–Trinajstić information content (AvgIpc) is 2.81. The van der Waals surface area contributed by atoms with Crippen molar-refractivity contribution >= 4 is 29.3 Å². The monoisotopic (exact) mass is 284 g/mol. The zero-order chi connectivity index (χ0) is 13.0. The van der Waals surface area contributed by atoms with Crippen LogP contribution in [-0.2, 0) is 0 Å². The molecule has 1 atom stereocenters. The normalized spacial score (nSPS) is 12.4. The number of anilines is 1. The number of nitrogens with one attached hydrogen (secondary N) is 1. The summed E-state index contributed by atoms with van der Waals surface area (Å²) in [6.45, 7) is 2.06. The van der Waals surface area contributed by atoms with Crippen molar-refractivity contribution in [3.8, 4) is 5.95 Å². The average molecular weight is 285 g/mol. The van der Waals surface area contributed by atoms with Gasteiger partial charge in [-0.1, -0.05) is 0 Å². The van der Waals surface area contributed by atoms with Gasteiger partial charge in [0, 0.05) is 24.2 Å². The van der Waals surface area contributed by atoms with Crippen molar-refractivity contribution in [2.24, 2.45) is 0 Å². The largest absolute Gasteiger partial charge is 0.351 e. The van der Waals surface area contributed by atoms with E-state index in [-0.39, 0.29) is 11.3 Å². The molecule has 0 aromatic carbocycles. The van der Waals surface area contributed by atoms with Crippen LogP contribution in [0.5, 0.6) is 0 Å². The van der Waals surface area contributed by atoms with Gasteiger partial charge in [0.1, 0.15) is 0 Å². The molecule has 0 fully saturated rings. The molecule has 6 nitrogen and oxygen atoms in total. The summed E-state index contributed by atoms with van der Waals surface area (Å²) in [5.41, 5.74) is 0. The van der Waals surface area contributed by atoms with Crippen LogP contribution in [0.2, 0.25) is 5.28 Å². The van der Waals surface area contributed by atoms with Crippen molar-refractivity contribution in [3.05, 3.63) is 23.7 Å². The van der Waals surface area contributed by atoms with Gasteiger partial charge in [0.2, 0.25) is 11.2 Å². The molecular weight excluding hydrogens is 272 g/mol. The van der Waals surface area contributed by atoms with Gasteiger partial charge in [0.25, 0.3) is 5.95 Å². The van der Waals surface area contributed by atoms with Gasteiger partial charge in [-0.15, -0.1) is 0 Å². The zero-order valence-electron chi connectivity index (χ0n) is 10.0. The molecule has 2 heterocycles. The number of nitrogens with zero attached hydrogens (tertiary/aromatic N) is 5. The van der Waals surface area contributed by atoms with Gasteiger partial charge in [-0.3, -0.25) is 0 Å². The topological polar surface area (TPSA) is 68.5 Å². The fourth-order valence-corrected chi connectivity index (χ4v) is 2.14. The third kappa shape index (κ3) is 3.33. The smallest absolute Gasteiger partial charge is 0.256 e. The molecule has 0 aliphatic carbocycles. The molecule has 1 N–H and O–H groups in total. The molecule has 18 heavy (non-hydrogen) atoms. The van der Waals surface area contributed by atoms with Gasteiger partial charge in [-0.05, 0) is 30.8 Å². The summed E-state index contributed by atoms with van der Waals surface area (Å²) in [5.74, 6) is 1.82. The van der Waals surface area contributed by atoms with Gasteiger partial charge in [-0.2, -0.15) is 31.8 Å². The van der Waals surface area contributed by atoms with E-state index in [4.69, 9.17) is 11.6 Å². The van der Waals surface area contributed by atoms with E-state index in [1.165, 1.54) is 4.68 Å². The van der Waals surface area contributed by atoms with Crippen molar-refractivity contribution in [1.29, 1.82) is 0 Å². The number of thioether (sulfide) groups is 1. The molecule has 1 unspecified atom stereocenters. The molecule has 8 heteroatoms. The summed E-state index contributed by atoms with van der Waals surface area (Å²) >= 11 is 7.63. The first-order valence-electron chi connectivity index (χ1n) is 5.36. The first-order chi connectivity index (χ1) is 8.69. The van der Waals surface area contributed by atoms with Crippen molar-refractivity contribution in [3.63, 3.8) is 0 Å². The van der Waals surface area contributed by atoms with E-state index in [0.717, 1.165) is 5.75 Å². The molecule has 0 radical (unpaired) electrons. The van der Waals surface area contributed by atoms with E-state index < -0.39 is 0 Å². The third-order valence-electron chi connectivity index (χ3n) is 2.10. The quantitative estimate of drug-likeness (QED) is 0.904. The van der Waals surface area contributed by atoms with Gasteiger partial charge < -0.3 is 5.32 Å². The summed E-state index contributed by atoms with van der Waals surface area (Å²) in [6, 6.07) is 2.05. The lowest BCUT2D eigenvalue weighted by atomic mass is 10.4. The number of hydrogen-bond acceptors (Lipinski definition) is 6. The second-order valence-electron chi connectivity index (χ2n) is 3.68. The lowest BCUT2D eigenvalue weighted by molar-refractivity contribution is 0.787. The van der Waals surface area contributed by atoms with Crippen molar-refractivity contribution in [2.45, 2.75) is 13.0 Å². The minimum atomic E-state index is 0.148. The Labute approximate surface area is 114 Å². The van der Waals surface area contributed by atoms with Gasteiger partial charge in [0.15, 0.2) is 0 Å². The number of hydrogen-bond donors (Lipinski definition) is 1. The van der Waals surface area contributed by atoms with Crippen molar-refractivity contribution in [2.75, 3.05) is 17.3 Å². The summed E-state index contributed by atoms with van der Waals surface area (Å²) < 4.78 is 1.54. The summed E-state index contributed by atoms with van der Waals surface area (Å²) in [6.07, 6.45) is 5.45. The molecule has 96 valence electrons. The van der Waals surface area contributed by atoms with Crippen LogP contribution in [0.15, 0.2) is 18.5 Å². The van der Waals surface area contributed by atoms with E-state index in [1.54, 1.807) is 30.2 Å². The maximum absolute atomic E-state index is 5.88. The van der Waals surface area contributed by atoms with Crippen molar-refractivity contribution < 1.29 is 0 Å². The summed E-state index contributed by atoms with van der Waals surface area (Å²) in [4.78, 5) is 12.3. The van der Waals surface area contributed by atoms with Crippen LogP contribution >= 0.6 is 23.4 Å². The molecule has 0 saturated carbocycles. The Morgan fingerprint density at radius 2 is 2.28 bits per heavy atom. The molecule has 2 aromatic rings. The van der Waals surface area contributed by atoms with Crippen LogP contribution < -0.4 is 5.32 Å². The predicted octanol–water partition coefficient (Wildman–Crippen LogP) is 1.87. The molecule has 2 rings (SSSR count). The minimum absolute atomic E-state index is 0.148. The Balaban J connectivity index is 2.22. The minimum Gasteiger partial charge on any atom is -0.351 e. The highest BCUT2D eigenvalue weighted by Gasteiger charge is 2.09. The lowest BCUT2D eigenvalue weighted by Crippen LogP contribution is -2.20. The molecule has 0 bridgehead atoms. The number of halogens is 1. The Morgan fingerprint density at radius 3 is 2.94 bits per heavy atom. The SMILES string of the molecule is CSCC(C)Nc1nc(Cl)nc(-n2cccn2)n1. The maximum Gasteiger partial charge on any atom is 0.256 e. The Kier molecular flexibility index (Phi) is 4.38. The van der Waals surface area contributed by atoms with E-state index in [2.05, 4.69) is 32.3 Å². The van der Waals surface area contributed by atoms with Crippen LogP contribution in [0.25, 0.3) is 5.95 Å². The molecule has 0 aliphatic rings. The first-order valence-corrected chi connectivity index (χ1v) is 7.13. The number of aromatic nitrogens is 5. The Bertz CT molecular complexity index is 503. The second kappa shape index (κ2) is 6.01.